The molecule has 3 aromatic heterocycles. The molecule has 1 atom stereocenters. The summed E-state index contributed by atoms with van der Waals surface area (Å²) in [7, 11) is 1.89. The smallest absolute Gasteiger partial charge is 0.257 e. The van der Waals surface area contributed by atoms with Crippen molar-refractivity contribution in [3.63, 3.8) is 0 Å². The normalized spacial score (nSPS) is 18.9. The Morgan fingerprint density at radius 2 is 1.89 bits per heavy atom. The van der Waals surface area contributed by atoms with E-state index < -0.39 is 6.04 Å². The van der Waals surface area contributed by atoms with Crippen LogP contribution < -0.4 is 10.6 Å². The number of rotatable bonds is 7. The van der Waals surface area contributed by atoms with Gasteiger partial charge >= 0.3 is 0 Å². The number of pyridine rings is 1. The molecule has 1 fully saturated rings. The van der Waals surface area contributed by atoms with Gasteiger partial charge < -0.3 is 15.2 Å². The highest BCUT2D eigenvalue weighted by atomic mass is 16.5. The molecule has 2 N–H and O–H groups in total. The van der Waals surface area contributed by atoms with Crippen molar-refractivity contribution >= 4 is 17.6 Å². The molecular formula is C26H34N6O3. The predicted octanol–water partition coefficient (Wildman–Crippen LogP) is 4.47. The molecule has 0 aromatic carbocycles. The van der Waals surface area contributed by atoms with E-state index in [9.17, 15) is 9.59 Å². The largest absolute Gasteiger partial charge is 0.364 e. The average Bonchev–Trinajstić information content (AvgIpc) is 3.45. The van der Waals surface area contributed by atoms with E-state index in [1.165, 1.54) is 6.26 Å². The number of carbonyl (C=O) groups is 2. The maximum Gasteiger partial charge on any atom is 0.257 e. The number of hydrogen-bond acceptors (Lipinski definition) is 6. The summed E-state index contributed by atoms with van der Waals surface area (Å²) < 4.78 is 6.86. The Bertz CT molecular complexity index is 1150. The summed E-state index contributed by atoms with van der Waals surface area (Å²) in [6, 6.07) is 3.01. The first-order chi connectivity index (χ1) is 16.7. The molecule has 4 rings (SSSR count). The molecule has 0 radical (unpaired) electrons. The van der Waals surface area contributed by atoms with Gasteiger partial charge in [0.2, 0.25) is 5.91 Å². The molecule has 3 heterocycles. The zero-order valence-corrected chi connectivity index (χ0v) is 21.0. The van der Waals surface area contributed by atoms with E-state index in [1.807, 2.05) is 40.1 Å². The van der Waals surface area contributed by atoms with Crippen LogP contribution >= 0.6 is 0 Å². The van der Waals surface area contributed by atoms with Crippen molar-refractivity contribution in [2.24, 2.45) is 18.9 Å². The van der Waals surface area contributed by atoms with Gasteiger partial charge in [-0.05, 0) is 55.2 Å². The molecule has 1 aliphatic rings. The fourth-order valence-electron chi connectivity index (χ4n) is 4.84. The molecule has 0 spiro atoms. The van der Waals surface area contributed by atoms with Crippen LogP contribution in [0.4, 0.5) is 5.82 Å². The Hall–Kier alpha value is -3.49. The molecule has 0 bridgehead atoms. The van der Waals surface area contributed by atoms with E-state index in [0.29, 0.717) is 23.0 Å². The third-order valence-corrected chi connectivity index (χ3v) is 6.90. The molecule has 1 saturated carbocycles. The van der Waals surface area contributed by atoms with Crippen molar-refractivity contribution in [1.29, 1.82) is 0 Å². The summed E-state index contributed by atoms with van der Waals surface area (Å²) in [5.41, 5.74) is 3.90. The van der Waals surface area contributed by atoms with Crippen molar-refractivity contribution < 1.29 is 14.1 Å². The summed E-state index contributed by atoms with van der Waals surface area (Å²) in [6.45, 7) is 8.12. The zero-order valence-electron chi connectivity index (χ0n) is 21.0. The molecule has 186 valence electrons. The number of anilines is 1. The first kappa shape index (κ1) is 24.6. The van der Waals surface area contributed by atoms with E-state index >= 15 is 0 Å². The van der Waals surface area contributed by atoms with Crippen LogP contribution in [0.3, 0.4) is 0 Å². The van der Waals surface area contributed by atoms with Crippen molar-refractivity contribution in [3.8, 4) is 11.3 Å². The van der Waals surface area contributed by atoms with Crippen LogP contribution in [0, 0.1) is 18.8 Å². The van der Waals surface area contributed by atoms with Gasteiger partial charge in [0.25, 0.3) is 5.91 Å². The molecule has 2 amide bonds. The lowest BCUT2D eigenvalue weighted by Crippen LogP contribution is -2.49. The molecule has 9 heteroatoms. The Balaban J connectivity index is 1.52. The lowest BCUT2D eigenvalue weighted by atomic mass is 9.79. The number of amides is 2. The second-order valence-electron chi connectivity index (χ2n) is 9.96. The Kier molecular flexibility index (Phi) is 7.33. The molecule has 1 aliphatic carbocycles. The van der Waals surface area contributed by atoms with Gasteiger partial charge in [-0.25, -0.2) is 4.98 Å². The van der Waals surface area contributed by atoms with Gasteiger partial charge in [0.05, 0.1) is 17.6 Å². The van der Waals surface area contributed by atoms with Crippen molar-refractivity contribution in [2.45, 2.75) is 65.3 Å². The highest BCUT2D eigenvalue weighted by Crippen LogP contribution is 2.31. The van der Waals surface area contributed by atoms with Gasteiger partial charge in [0.15, 0.2) is 0 Å². The average molecular weight is 479 g/mol. The van der Waals surface area contributed by atoms with E-state index in [4.69, 9.17) is 4.52 Å². The summed E-state index contributed by atoms with van der Waals surface area (Å²) in [5, 5.41) is 14.1. The fraction of sp³-hybridized carbons (Fsp3) is 0.500. The number of hydrogen-bond donors (Lipinski definition) is 2. The molecule has 0 saturated heterocycles. The highest BCUT2D eigenvalue weighted by Gasteiger charge is 2.34. The third-order valence-electron chi connectivity index (χ3n) is 6.90. The fourth-order valence-corrected chi connectivity index (χ4v) is 4.84. The van der Waals surface area contributed by atoms with E-state index in [0.717, 1.165) is 42.5 Å². The monoisotopic (exact) mass is 478 g/mol. The van der Waals surface area contributed by atoms with Crippen LogP contribution in [0.25, 0.3) is 11.3 Å². The SMILES string of the molecule is Cc1cnn(C)c1-c1ccc(NC(=O)[C@@H](NC(=O)c2conc2C(C)C)C2CCC(C)CC2)nc1. The van der Waals surface area contributed by atoms with Crippen LogP contribution in [0.15, 0.2) is 35.3 Å². The Morgan fingerprint density at radius 1 is 1.14 bits per heavy atom. The summed E-state index contributed by atoms with van der Waals surface area (Å²) >= 11 is 0. The lowest BCUT2D eigenvalue weighted by Gasteiger charge is -2.32. The van der Waals surface area contributed by atoms with Gasteiger partial charge in [0, 0.05) is 18.8 Å². The standard InChI is InChI=1S/C26H34N6O3/c1-15(2)22-20(14-35-31-22)25(33)30-23(18-8-6-16(3)7-9-18)26(34)29-21-11-10-19(13-27-21)24-17(4)12-28-32(24)5/h10-16,18,23H,6-9H2,1-5H3,(H,30,33)(H,27,29,34)/t16?,18?,23-/m0/s1. The predicted molar refractivity (Wildman–Crippen MR) is 133 cm³/mol. The summed E-state index contributed by atoms with van der Waals surface area (Å²) in [4.78, 5) is 31.0. The number of nitrogens with zero attached hydrogens (tertiary/aromatic N) is 4. The topological polar surface area (TPSA) is 115 Å². The van der Waals surface area contributed by atoms with Crippen LogP contribution in [0.5, 0.6) is 0 Å². The van der Waals surface area contributed by atoms with E-state index in [2.05, 4.69) is 32.8 Å². The third kappa shape index (κ3) is 5.44. The van der Waals surface area contributed by atoms with Gasteiger partial charge in [-0.2, -0.15) is 5.10 Å². The van der Waals surface area contributed by atoms with Crippen molar-refractivity contribution in [3.05, 3.63) is 47.6 Å². The van der Waals surface area contributed by atoms with Crippen molar-refractivity contribution in [1.82, 2.24) is 25.2 Å². The minimum absolute atomic E-state index is 0.0306. The Morgan fingerprint density at radius 3 is 2.49 bits per heavy atom. The summed E-state index contributed by atoms with van der Waals surface area (Å²) in [5.74, 6) is 0.536. The molecule has 3 aromatic rings. The van der Waals surface area contributed by atoms with Crippen LogP contribution in [-0.2, 0) is 11.8 Å². The van der Waals surface area contributed by atoms with Gasteiger partial charge in [-0.15, -0.1) is 0 Å². The van der Waals surface area contributed by atoms with Crippen LogP contribution in [0.2, 0.25) is 0 Å². The number of nitrogens with one attached hydrogen (secondary N) is 2. The molecule has 9 nitrogen and oxygen atoms in total. The maximum absolute atomic E-state index is 13.4. The lowest BCUT2D eigenvalue weighted by molar-refractivity contribution is -0.119. The number of aromatic nitrogens is 4. The molecule has 35 heavy (non-hydrogen) atoms. The first-order valence-electron chi connectivity index (χ1n) is 12.3. The second-order valence-corrected chi connectivity index (χ2v) is 9.96. The van der Waals surface area contributed by atoms with Crippen LogP contribution in [0.1, 0.15) is 74.0 Å². The van der Waals surface area contributed by atoms with Gasteiger partial charge in [0.1, 0.15) is 23.7 Å². The van der Waals surface area contributed by atoms with Crippen LogP contribution in [-0.4, -0.2) is 37.8 Å². The summed E-state index contributed by atoms with van der Waals surface area (Å²) in [6.07, 6.45) is 8.71. The highest BCUT2D eigenvalue weighted by molar-refractivity contribution is 6.01. The zero-order chi connectivity index (χ0) is 25.1. The minimum atomic E-state index is -0.675. The second kappa shape index (κ2) is 10.4. The molecular weight excluding hydrogens is 444 g/mol. The number of carbonyl (C=O) groups excluding carboxylic acids is 2. The van der Waals surface area contributed by atoms with E-state index in [1.54, 1.807) is 16.9 Å². The first-order valence-corrected chi connectivity index (χ1v) is 12.3. The quantitative estimate of drug-likeness (QED) is 0.518. The van der Waals surface area contributed by atoms with Gasteiger partial charge in [-0.3, -0.25) is 14.3 Å². The van der Waals surface area contributed by atoms with Gasteiger partial charge in [-0.1, -0.05) is 38.8 Å². The number of aryl methyl sites for hydroxylation is 2. The Labute approximate surface area is 205 Å². The minimum Gasteiger partial charge on any atom is -0.364 e. The van der Waals surface area contributed by atoms with Crippen molar-refractivity contribution in [2.75, 3.05) is 5.32 Å². The maximum atomic E-state index is 13.4. The van der Waals surface area contributed by atoms with E-state index in [-0.39, 0.29) is 23.7 Å². The molecule has 0 unspecified atom stereocenters. The molecule has 0 aliphatic heterocycles.